The van der Waals surface area contributed by atoms with E-state index >= 15 is 0 Å². The molecule has 170 valence electrons. The first-order chi connectivity index (χ1) is 15.4. The maximum Gasteiger partial charge on any atom is 0.324 e. The second kappa shape index (κ2) is 8.39. The molecule has 2 aliphatic rings. The molecular formula is C23H29ClN6O2. The van der Waals surface area contributed by atoms with Crippen LogP contribution in [0.5, 0.6) is 11.8 Å². The summed E-state index contributed by atoms with van der Waals surface area (Å²) >= 11 is 6.27. The van der Waals surface area contributed by atoms with Gasteiger partial charge in [0.2, 0.25) is 0 Å². The first kappa shape index (κ1) is 21.2. The second-order valence-corrected chi connectivity index (χ2v) is 9.72. The van der Waals surface area contributed by atoms with Crippen LogP contribution in [0.2, 0.25) is 5.02 Å². The van der Waals surface area contributed by atoms with Crippen LogP contribution >= 0.6 is 11.6 Å². The van der Waals surface area contributed by atoms with E-state index in [1.54, 1.807) is 0 Å². The summed E-state index contributed by atoms with van der Waals surface area (Å²) in [7, 11) is 0. The highest BCUT2D eigenvalue weighted by molar-refractivity contribution is 6.31. The zero-order valence-electron chi connectivity index (χ0n) is 19.0. The van der Waals surface area contributed by atoms with Crippen LogP contribution in [0.3, 0.4) is 0 Å². The van der Waals surface area contributed by atoms with E-state index in [0.717, 1.165) is 30.9 Å². The quantitative estimate of drug-likeness (QED) is 0.515. The fourth-order valence-corrected chi connectivity index (χ4v) is 5.26. The number of halogens is 1. The standard InChI is InChI=1S/C23H29ClN6O2/c1-13(2)30-23(31-20-7-5-6-19(24)14(20)3)26-21(27-30)10-18-16-8-9-17(18)12-29(11-16)22-25-15(4)28-32-22/h5-7,13,16-18H,8-12H2,1-4H3/t16-,17+,18?. The second-order valence-electron chi connectivity index (χ2n) is 9.31. The Balaban J connectivity index is 1.34. The molecule has 3 atom stereocenters. The van der Waals surface area contributed by atoms with Crippen LogP contribution in [0, 0.1) is 31.6 Å². The van der Waals surface area contributed by atoms with Crippen molar-refractivity contribution in [3.63, 3.8) is 0 Å². The summed E-state index contributed by atoms with van der Waals surface area (Å²) in [5.41, 5.74) is 0.899. The third kappa shape index (κ3) is 3.96. The van der Waals surface area contributed by atoms with Gasteiger partial charge in [0.25, 0.3) is 0 Å². The Morgan fingerprint density at radius 3 is 2.56 bits per heavy atom. The van der Waals surface area contributed by atoms with E-state index in [1.165, 1.54) is 12.8 Å². The van der Waals surface area contributed by atoms with Crippen LogP contribution < -0.4 is 9.64 Å². The first-order valence-electron chi connectivity index (χ1n) is 11.3. The third-order valence-electron chi connectivity index (χ3n) is 6.79. The molecule has 1 aliphatic heterocycles. The number of hydrogen-bond acceptors (Lipinski definition) is 7. The largest absolute Gasteiger partial charge is 0.424 e. The number of anilines is 1. The summed E-state index contributed by atoms with van der Waals surface area (Å²) in [4.78, 5) is 11.5. The van der Waals surface area contributed by atoms with Crippen LogP contribution in [0.25, 0.3) is 0 Å². The molecule has 0 radical (unpaired) electrons. The Bertz CT molecular complexity index is 1100. The lowest BCUT2D eigenvalue weighted by Crippen LogP contribution is -2.43. The molecule has 1 aliphatic carbocycles. The van der Waals surface area contributed by atoms with Gasteiger partial charge < -0.3 is 14.2 Å². The van der Waals surface area contributed by atoms with Crippen molar-refractivity contribution in [1.29, 1.82) is 0 Å². The van der Waals surface area contributed by atoms with Crippen molar-refractivity contribution >= 4 is 17.6 Å². The van der Waals surface area contributed by atoms with E-state index < -0.39 is 0 Å². The summed E-state index contributed by atoms with van der Waals surface area (Å²) < 4.78 is 13.4. The Kier molecular flexibility index (Phi) is 5.57. The Morgan fingerprint density at radius 2 is 1.91 bits per heavy atom. The number of aryl methyl sites for hydroxylation is 1. The van der Waals surface area contributed by atoms with Gasteiger partial charge in [0.15, 0.2) is 11.6 Å². The van der Waals surface area contributed by atoms with Gasteiger partial charge in [-0.1, -0.05) is 22.8 Å². The molecule has 0 amide bonds. The summed E-state index contributed by atoms with van der Waals surface area (Å²) in [5.74, 6) is 3.94. The predicted octanol–water partition coefficient (Wildman–Crippen LogP) is 5.01. The highest BCUT2D eigenvalue weighted by Crippen LogP contribution is 2.44. The van der Waals surface area contributed by atoms with E-state index in [1.807, 2.05) is 36.7 Å². The Hall–Kier alpha value is -2.61. The van der Waals surface area contributed by atoms with E-state index in [9.17, 15) is 0 Å². The molecule has 32 heavy (non-hydrogen) atoms. The Morgan fingerprint density at radius 1 is 1.16 bits per heavy atom. The average molecular weight is 457 g/mol. The van der Waals surface area contributed by atoms with Gasteiger partial charge in [-0.15, -0.1) is 0 Å². The lowest BCUT2D eigenvalue weighted by atomic mass is 9.82. The summed E-state index contributed by atoms with van der Waals surface area (Å²) in [6.45, 7) is 9.87. The van der Waals surface area contributed by atoms with Crippen LogP contribution in [-0.4, -0.2) is 38.0 Å². The topological polar surface area (TPSA) is 82.1 Å². The highest BCUT2D eigenvalue weighted by atomic mass is 35.5. The normalized spacial score (nSPS) is 22.7. The number of hydrogen-bond donors (Lipinski definition) is 0. The van der Waals surface area contributed by atoms with Crippen LogP contribution in [0.1, 0.15) is 49.9 Å². The summed E-state index contributed by atoms with van der Waals surface area (Å²) in [5, 5.41) is 9.45. The molecule has 5 rings (SSSR count). The number of benzene rings is 1. The molecule has 1 saturated heterocycles. The van der Waals surface area contributed by atoms with Crippen molar-refractivity contribution in [2.24, 2.45) is 17.8 Å². The molecule has 1 aromatic carbocycles. The van der Waals surface area contributed by atoms with Gasteiger partial charge in [-0.2, -0.15) is 15.1 Å². The molecule has 2 fully saturated rings. The summed E-state index contributed by atoms with van der Waals surface area (Å²) in [6.07, 6.45) is 3.29. The number of nitrogens with zero attached hydrogens (tertiary/aromatic N) is 6. The van der Waals surface area contributed by atoms with E-state index in [0.29, 0.717) is 46.4 Å². The van der Waals surface area contributed by atoms with Crippen molar-refractivity contribution in [1.82, 2.24) is 24.9 Å². The minimum absolute atomic E-state index is 0.144. The number of fused-ring (bicyclic) bond motifs is 2. The fourth-order valence-electron chi connectivity index (χ4n) is 5.09. The molecule has 8 nitrogen and oxygen atoms in total. The van der Waals surface area contributed by atoms with E-state index in [4.69, 9.17) is 30.9 Å². The lowest BCUT2D eigenvalue weighted by Gasteiger charge is -2.36. The molecule has 0 spiro atoms. The molecular weight excluding hydrogens is 428 g/mol. The number of ether oxygens (including phenoxy) is 1. The van der Waals surface area contributed by atoms with Crippen LogP contribution in [0.15, 0.2) is 22.7 Å². The van der Waals surface area contributed by atoms with Gasteiger partial charge in [0, 0.05) is 30.1 Å². The average Bonchev–Trinajstić information content (AvgIpc) is 3.42. The van der Waals surface area contributed by atoms with Gasteiger partial charge >= 0.3 is 12.0 Å². The minimum atomic E-state index is 0.144. The molecule has 1 saturated carbocycles. The predicted molar refractivity (Wildman–Crippen MR) is 121 cm³/mol. The fraction of sp³-hybridized carbons (Fsp3) is 0.565. The maximum absolute atomic E-state index is 6.27. The maximum atomic E-state index is 6.27. The van der Waals surface area contributed by atoms with E-state index in [-0.39, 0.29) is 6.04 Å². The third-order valence-corrected chi connectivity index (χ3v) is 7.20. The van der Waals surface area contributed by atoms with Crippen molar-refractivity contribution < 1.29 is 9.26 Å². The smallest absolute Gasteiger partial charge is 0.324 e. The first-order valence-corrected chi connectivity index (χ1v) is 11.7. The molecule has 1 unspecified atom stereocenters. The van der Waals surface area contributed by atoms with Gasteiger partial charge in [-0.25, -0.2) is 4.68 Å². The molecule has 3 heterocycles. The lowest BCUT2D eigenvalue weighted by molar-refractivity contribution is 0.253. The summed E-state index contributed by atoms with van der Waals surface area (Å²) in [6, 6.07) is 6.97. The zero-order valence-corrected chi connectivity index (χ0v) is 19.7. The Labute approximate surface area is 192 Å². The number of piperidine rings is 1. The van der Waals surface area contributed by atoms with Crippen molar-refractivity contribution in [3.8, 4) is 11.8 Å². The monoisotopic (exact) mass is 456 g/mol. The van der Waals surface area contributed by atoms with Crippen molar-refractivity contribution in [2.75, 3.05) is 18.0 Å². The number of aromatic nitrogens is 5. The van der Waals surface area contributed by atoms with Gasteiger partial charge in [0.1, 0.15) is 5.75 Å². The van der Waals surface area contributed by atoms with Gasteiger partial charge in [-0.3, -0.25) is 0 Å². The molecule has 0 N–H and O–H groups in total. The zero-order chi connectivity index (χ0) is 22.4. The van der Waals surface area contributed by atoms with Gasteiger partial charge in [-0.05, 0) is 70.4 Å². The van der Waals surface area contributed by atoms with Crippen molar-refractivity contribution in [3.05, 3.63) is 40.4 Å². The minimum Gasteiger partial charge on any atom is -0.424 e. The molecule has 3 aromatic rings. The molecule has 9 heteroatoms. The van der Waals surface area contributed by atoms with E-state index in [2.05, 4.69) is 28.9 Å². The van der Waals surface area contributed by atoms with Crippen LogP contribution in [0.4, 0.5) is 6.01 Å². The van der Waals surface area contributed by atoms with Crippen molar-refractivity contribution in [2.45, 2.75) is 53.0 Å². The number of rotatable bonds is 6. The SMILES string of the molecule is Cc1noc(N2C[C@H]3CC[C@@H](C2)C3Cc2nc(Oc3cccc(Cl)c3C)n(C(C)C)n2)n1. The van der Waals surface area contributed by atoms with Crippen LogP contribution in [-0.2, 0) is 6.42 Å². The highest BCUT2D eigenvalue weighted by Gasteiger charge is 2.43. The molecule has 2 aromatic heterocycles. The molecule has 2 bridgehead atoms. The van der Waals surface area contributed by atoms with Gasteiger partial charge in [0.05, 0.1) is 6.04 Å².